The SMILES string of the molecule is c1cc(-c2ccc3c(c2)-c2cccc4c2B(O3)c2ccc(-c3ccccc3-n3c5ccccc5c5ccccc53)cc2O4)cc(-n2c3ccccc3c3ccccc32)c1. The monoisotopic (exact) mass is 752 g/mol. The summed E-state index contributed by atoms with van der Waals surface area (Å²) in [4.78, 5) is 0. The average Bonchev–Trinajstić information content (AvgIpc) is 3.82. The van der Waals surface area contributed by atoms with Crippen LogP contribution in [0.4, 0.5) is 0 Å². The van der Waals surface area contributed by atoms with Crippen LogP contribution in [0, 0.1) is 0 Å². The standard InChI is InChI=1S/C54H33BN2O2/c1-6-21-46(57-49-24-9-4-18-41(49)42-19-5-10-25-50(42)57)38(15-1)36-27-29-45-53(33-36)58-52-26-12-20-43-44-32-35(28-30-51(44)59-55(45)54(43)52)34-13-11-14-37(31-34)56-47-22-7-2-16-39(47)40-17-3-8-23-48(40)56/h1-33H. The normalized spacial score (nSPS) is 12.6. The van der Waals surface area contributed by atoms with Gasteiger partial charge in [0.1, 0.15) is 17.2 Å². The average molecular weight is 753 g/mol. The number of ether oxygens (including phenoxy) is 1. The molecule has 4 heterocycles. The van der Waals surface area contributed by atoms with Gasteiger partial charge in [-0.1, -0.05) is 133 Å². The largest absolute Gasteiger partial charge is 0.551 e. The van der Waals surface area contributed by atoms with E-state index in [0.29, 0.717) is 0 Å². The Labute approximate surface area is 340 Å². The quantitative estimate of drug-likeness (QED) is 0.168. The van der Waals surface area contributed by atoms with Crippen molar-refractivity contribution in [2.24, 2.45) is 0 Å². The number of aromatic nitrogens is 2. The van der Waals surface area contributed by atoms with Gasteiger partial charge in [-0.3, -0.25) is 0 Å². The van der Waals surface area contributed by atoms with Gasteiger partial charge in [-0.2, -0.15) is 0 Å². The lowest BCUT2D eigenvalue weighted by molar-refractivity contribution is 0.479. The van der Waals surface area contributed by atoms with Crippen molar-refractivity contribution in [1.82, 2.24) is 9.13 Å². The fraction of sp³-hybridized carbons (Fsp3) is 0. The first-order valence-corrected chi connectivity index (χ1v) is 20.2. The second kappa shape index (κ2) is 12.4. The fourth-order valence-corrected chi connectivity index (χ4v) is 9.81. The molecule has 59 heavy (non-hydrogen) atoms. The van der Waals surface area contributed by atoms with Gasteiger partial charge in [0, 0.05) is 49.3 Å². The second-order valence-electron chi connectivity index (χ2n) is 15.6. The van der Waals surface area contributed by atoms with Gasteiger partial charge in [-0.25, -0.2) is 0 Å². The number of hydrogen-bond acceptors (Lipinski definition) is 2. The van der Waals surface area contributed by atoms with Crippen LogP contribution in [-0.4, -0.2) is 16.0 Å². The molecule has 0 atom stereocenters. The molecular weight excluding hydrogens is 719 g/mol. The van der Waals surface area contributed by atoms with E-state index in [1.54, 1.807) is 0 Å². The molecule has 5 heteroatoms. The smallest absolute Gasteiger partial charge is 0.434 e. The molecule has 13 rings (SSSR count). The third-order valence-corrected chi connectivity index (χ3v) is 12.4. The van der Waals surface area contributed by atoms with Gasteiger partial charge in [0.15, 0.2) is 0 Å². The number of rotatable bonds is 4. The number of para-hydroxylation sites is 5. The van der Waals surface area contributed by atoms with E-state index in [1.165, 1.54) is 43.6 Å². The third-order valence-electron chi connectivity index (χ3n) is 12.4. The van der Waals surface area contributed by atoms with Crippen molar-refractivity contribution in [2.75, 3.05) is 0 Å². The Hall–Kier alpha value is -7.76. The van der Waals surface area contributed by atoms with Gasteiger partial charge in [-0.05, 0) is 89.0 Å². The summed E-state index contributed by atoms with van der Waals surface area (Å²) in [5.41, 5.74) is 15.8. The molecular formula is C54H33BN2O2. The molecule has 2 aromatic heterocycles. The molecule has 0 bridgehead atoms. The van der Waals surface area contributed by atoms with Gasteiger partial charge in [0.25, 0.3) is 0 Å². The summed E-state index contributed by atoms with van der Waals surface area (Å²) >= 11 is 0. The fourth-order valence-electron chi connectivity index (χ4n) is 9.81. The van der Waals surface area contributed by atoms with Crippen LogP contribution in [-0.2, 0) is 0 Å². The molecule has 2 aliphatic rings. The number of nitrogens with zero attached hydrogens (tertiary/aromatic N) is 2. The third kappa shape index (κ3) is 4.73. The molecule has 9 aromatic carbocycles. The van der Waals surface area contributed by atoms with E-state index in [9.17, 15) is 0 Å². The van der Waals surface area contributed by atoms with Gasteiger partial charge in [-0.15, -0.1) is 0 Å². The van der Waals surface area contributed by atoms with Crippen LogP contribution in [0.15, 0.2) is 200 Å². The minimum atomic E-state index is -0.288. The Bertz CT molecular complexity index is 3430. The zero-order valence-corrected chi connectivity index (χ0v) is 31.8. The van der Waals surface area contributed by atoms with Gasteiger partial charge in [0.2, 0.25) is 0 Å². The Kier molecular flexibility index (Phi) is 6.78. The molecule has 0 spiro atoms. The summed E-state index contributed by atoms with van der Waals surface area (Å²) in [6, 6.07) is 71.7. The lowest BCUT2D eigenvalue weighted by Gasteiger charge is -2.33. The Morgan fingerprint density at radius 2 is 0.932 bits per heavy atom. The molecule has 2 aliphatic heterocycles. The van der Waals surface area contributed by atoms with Crippen LogP contribution >= 0.6 is 0 Å². The van der Waals surface area contributed by atoms with Gasteiger partial charge >= 0.3 is 6.92 Å². The van der Waals surface area contributed by atoms with Crippen LogP contribution < -0.4 is 20.3 Å². The summed E-state index contributed by atoms with van der Waals surface area (Å²) in [6.45, 7) is -0.288. The van der Waals surface area contributed by atoms with E-state index in [1.807, 2.05) is 0 Å². The highest BCUT2D eigenvalue weighted by molar-refractivity contribution is 6.84. The predicted octanol–water partition coefficient (Wildman–Crippen LogP) is 12.5. The molecule has 0 saturated carbocycles. The van der Waals surface area contributed by atoms with E-state index in [-0.39, 0.29) is 6.92 Å². The predicted molar refractivity (Wildman–Crippen MR) is 244 cm³/mol. The first kappa shape index (κ1) is 32.3. The van der Waals surface area contributed by atoms with Crippen molar-refractivity contribution in [1.29, 1.82) is 0 Å². The maximum absolute atomic E-state index is 6.97. The Morgan fingerprint density at radius 3 is 1.64 bits per heavy atom. The van der Waals surface area contributed by atoms with Crippen molar-refractivity contribution >= 4 is 61.5 Å². The zero-order valence-electron chi connectivity index (χ0n) is 31.8. The summed E-state index contributed by atoms with van der Waals surface area (Å²) in [6.07, 6.45) is 0. The maximum Gasteiger partial charge on any atom is 0.434 e. The van der Waals surface area contributed by atoms with Crippen LogP contribution in [0.25, 0.3) is 88.4 Å². The molecule has 0 radical (unpaired) electrons. The van der Waals surface area contributed by atoms with Gasteiger partial charge in [0.05, 0.1) is 27.8 Å². The van der Waals surface area contributed by atoms with Crippen LogP contribution in [0.3, 0.4) is 0 Å². The topological polar surface area (TPSA) is 28.3 Å². The first-order valence-electron chi connectivity index (χ1n) is 20.2. The molecule has 0 saturated heterocycles. The molecule has 0 aliphatic carbocycles. The Morgan fingerprint density at radius 1 is 0.356 bits per heavy atom. The minimum Gasteiger partial charge on any atom is -0.551 e. The highest BCUT2D eigenvalue weighted by Gasteiger charge is 2.40. The van der Waals surface area contributed by atoms with Gasteiger partial charge < -0.3 is 18.5 Å². The van der Waals surface area contributed by atoms with E-state index >= 15 is 0 Å². The van der Waals surface area contributed by atoms with E-state index in [4.69, 9.17) is 9.39 Å². The van der Waals surface area contributed by atoms with E-state index < -0.39 is 0 Å². The van der Waals surface area contributed by atoms with Crippen molar-refractivity contribution in [3.05, 3.63) is 200 Å². The van der Waals surface area contributed by atoms with Crippen molar-refractivity contribution in [3.63, 3.8) is 0 Å². The molecule has 274 valence electrons. The molecule has 4 nitrogen and oxygen atoms in total. The molecule has 0 unspecified atom stereocenters. The minimum absolute atomic E-state index is 0.288. The first-order chi connectivity index (χ1) is 29.3. The van der Waals surface area contributed by atoms with Crippen molar-refractivity contribution < 1.29 is 9.39 Å². The Balaban J connectivity index is 0.884. The number of benzene rings is 9. The highest BCUT2D eigenvalue weighted by Crippen LogP contribution is 2.43. The van der Waals surface area contributed by atoms with E-state index in [0.717, 1.165) is 72.9 Å². The summed E-state index contributed by atoms with van der Waals surface area (Å²) in [5.74, 6) is 2.52. The summed E-state index contributed by atoms with van der Waals surface area (Å²) in [5, 5.41) is 5.00. The summed E-state index contributed by atoms with van der Waals surface area (Å²) in [7, 11) is 0. The second-order valence-corrected chi connectivity index (χ2v) is 15.6. The number of hydrogen-bond donors (Lipinski definition) is 0. The lowest BCUT2D eigenvalue weighted by Crippen LogP contribution is -2.53. The van der Waals surface area contributed by atoms with Crippen LogP contribution in [0.1, 0.15) is 0 Å². The van der Waals surface area contributed by atoms with Crippen molar-refractivity contribution in [2.45, 2.75) is 0 Å². The maximum atomic E-state index is 6.97. The molecule has 0 fully saturated rings. The van der Waals surface area contributed by atoms with E-state index in [2.05, 4.69) is 209 Å². The van der Waals surface area contributed by atoms with Crippen LogP contribution in [0.2, 0.25) is 0 Å². The lowest BCUT2D eigenvalue weighted by atomic mass is 9.51. The molecule has 0 amide bonds. The number of fused-ring (bicyclic) bond motifs is 10. The molecule has 0 N–H and O–H groups in total. The van der Waals surface area contributed by atoms with Crippen LogP contribution in [0.5, 0.6) is 17.2 Å². The highest BCUT2D eigenvalue weighted by atomic mass is 16.5. The zero-order chi connectivity index (χ0) is 38.6. The molecule has 11 aromatic rings. The summed E-state index contributed by atoms with van der Waals surface area (Å²) < 4.78 is 18.6. The van der Waals surface area contributed by atoms with Crippen molar-refractivity contribution in [3.8, 4) is 62.0 Å².